The highest BCUT2D eigenvalue weighted by atomic mass is 35.5. The number of nitrogens with zero attached hydrogens (tertiary/aromatic N) is 1. The van der Waals surface area contributed by atoms with Crippen molar-refractivity contribution >= 4 is 23.2 Å². The van der Waals surface area contributed by atoms with E-state index < -0.39 is 0 Å². The first-order valence-corrected chi connectivity index (χ1v) is 7.10. The van der Waals surface area contributed by atoms with Crippen LogP contribution in [0.15, 0.2) is 36.7 Å². The van der Waals surface area contributed by atoms with Gasteiger partial charge in [0.2, 0.25) is 0 Å². The van der Waals surface area contributed by atoms with Crippen molar-refractivity contribution in [2.45, 2.75) is 12.3 Å². The minimum Gasteiger partial charge on any atom is -0.493 e. The van der Waals surface area contributed by atoms with E-state index in [9.17, 15) is 0 Å². The number of alkyl halides is 1. The van der Waals surface area contributed by atoms with Gasteiger partial charge in [0.05, 0.1) is 19.6 Å². The van der Waals surface area contributed by atoms with E-state index in [1.54, 1.807) is 25.4 Å². The van der Waals surface area contributed by atoms with Crippen LogP contribution in [0.25, 0.3) is 0 Å². The lowest BCUT2D eigenvalue weighted by Gasteiger charge is -2.14. The van der Waals surface area contributed by atoms with Crippen molar-refractivity contribution in [3.8, 4) is 11.5 Å². The number of ether oxygens (including phenoxy) is 2. The number of halogens is 2. The average molecular weight is 312 g/mol. The molecule has 0 saturated carbocycles. The fourth-order valence-corrected chi connectivity index (χ4v) is 2.28. The molecule has 0 fully saturated rings. The SMILES string of the molecule is COc1cc(Cl)cc(CCl)c1OCCc1cccnc1. The van der Waals surface area contributed by atoms with E-state index in [1.807, 2.05) is 18.3 Å². The van der Waals surface area contributed by atoms with Crippen LogP contribution in [0.4, 0.5) is 0 Å². The second-order valence-electron chi connectivity index (χ2n) is 4.19. The molecule has 2 rings (SSSR count). The van der Waals surface area contributed by atoms with Gasteiger partial charge < -0.3 is 9.47 Å². The second kappa shape index (κ2) is 7.36. The summed E-state index contributed by atoms with van der Waals surface area (Å²) in [4.78, 5) is 4.07. The molecule has 2 aromatic rings. The number of aromatic nitrogens is 1. The summed E-state index contributed by atoms with van der Waals surface area (Å²) < 4.78 is 11.1. The highest BCUT2D eigenvalue weighted by molar-refractivity contribution is 6.31. The van der Waals surface area contributed by atoms with Crippen LogP contribution in [0.3, 0.4) is 0 Å². The predicted molar refractivity (Wildman–Crippen MR) is 81.0 cm³/mol. The highest BCUT2D eigenvalue weighted by Gasteiger charge is 2.12. The van der Waals surface area contributed by atoms with Crippen LogP contribution in [-0.2, 0) is 12.3 Å². The maximum atomic E-state index is 6.01. The molecular weight excluding hydrogens is 297 g/mol. The van der Waals surface area contributed by atoms with Crippen LogP contribution in [0.1, 0.15) is 11.1 Å². The first-order chi connectivity index (χ1) is 9.74. The first kappa shape index (κ1) is 14.9. The molecule has 0 aliphatic rings. The quantitative estimate of drug-likeness (QED) is 0.752. The fraction of sp³-hybridized carbons (Fsp3) is 0.267. The zero-order valence-corrected chi connectivity index (χ0v) is 12.6. The van der Waals surface area contributed by atoms with Gasteiger partial charge in [-0.05, 0) is 17.7 Å². The lowest BCUT2D eigenvalue weighted by molar-refractivity contribution is 0.295. The van der Waals surface area contributed by atoms with Crippen LogP contribution in [0.5, 0.6) is 11.5 Å². The van der Waals surface area contributed by atoms with Gasteiger partial charge >= 0.3 is 0 Å². The van der Waals surface area contributed by atoms with Crippen molar-refractivity contribution in [3.63, 3.8) is 0 Å². The molecule has 1 aromatic heterocycles. The molecule has 1 aromatic carbocycles. The fourth-order valence-electron chi connectivity index (χ4n) is 1.85. The van der Waals surface area contributed by atoms with Crippen molar-refractivity contribution in [1.82, 2.24) is 4.98 Å². The number of hydrogen-bond donors (Lipinski definition) is 0. The number of benzene rings is 1. The molecule has 0 aliphatic heterocycles. The molecule has 0 aliphatic carbocycles. The van der Waals surface area contributed by atoms with Gasteiger partial charge in [-0.2, -0.15) is 0 Å². The molecule has 20 heavy (non-hydrogen) atoms. The third-order valence-corrected chi connectivity index (χ3v) is 3.33. The predicted octanol–water partition coefficient (Wildman–Crippen LogP) is 4.10. The summed E-state index contributed by atoms with van der Waals surface area (Å²) in [5.41, 5.74) is 1.94. The van der Waals surface area contributed by atoms with Gasteiger partial charge in [-0.1, -0.05) is 17.7 Å². The molecule has 1 heterocycles. The first-order valence-electron chi connectivity index (χ1n) is 6.18. The molecular formula is C15H15Cl2NO2. The standard InChI is InChI=1S/C15H15Cl2NO2/c1-19-14-8-13(17)7-12(9-16)15(14)20-6-4-11-3-2-5-18-10-11/h2-3,5,7-8,10H,4,6,9H2,1H3. The summed E-state index contributed by atoms with van der Waals surface area (Å²) in [5.74, 6) is 1.56. The molecule has 3 nitrogen and oxygen atoms in total. The van der Waals surface area contributed by atoms with E-state index in [2.05, 4.69) is 4.98 Å². The number of methoxy groups -OCH3 is 1. The molecule has 0 amide bonds. The summed E-state index contributed by atoms with van der Waals surface area (Å²) in [7, 11) is 1.58. The Morgan fingerprint density at radius 1 is 1.30 bits per heavy atom. The maximum absolute atomic E-state index is 6.01. The molecule has 0 atom stereocenters. The van der Waals surface area contributed by atoms with E-state index in [4.69, 9.17) is 32.7 Å². The highest BCUT2D eigenvalue weighted by Crippen LogP contribution is 2.35. The Hall–Kier alpha value is -1.45. The average Bonchev–Trinajstić information content (AvgIpc) is 2.49. The van der Waals surface area contributed by atoms with Gasteiger partial charge in [0.1, 0.15) is 0 Å². The molecule has 0 unspecified atom stereocenters. The van der Waals surface area contributed by atoms with Gasteiger partial charge in [-0.3, -0.25) is 4.98 Å². The van der Waals surface area contributed by atoms with Crippen LogP contribution in [0, 0.1) is 0 Å². The van der Waals surface area contributed by atoms with Crippen LogP contribution in [-0.4, -0.2) is 18.7 Å². The Kier molecular flexibility index (Phi) is 5.50. The summed E-state index contributed by atoms with van der Waals surface area (Å²) in [5, 5.41) is 0.581. The molecule has 0 saturated heterocycles. The minimum absolute atomic E-state index is 0.319. The number of rotatable bonds is 6. The van der Waals surface area contributed by atoms with Gasteiger partial charge in [-0.15, -0.1) is 11.6 Å². The van der Waals surface area contributed by atoms with Gasteiger partial charge in [0.25, 0.3) is 0 Å². The van der Waals surface area contributed by atoms with Crippen molar-refractivity contribution in [3.05, 3.63) is 52.8 Å². The normalized spacial score (nSPS) is 10.3. The van der Waals surface area contributed by atoms with Crippen molar-refractivity contribution in [1.29, 1.82) is 0 Å². The lowest BCUT2D eigenvalue weighted by atomic mass is 10.2. The number of pyridine rings is 1. The summed E-state index contributed by atoms with van der Waals surface area (Å²) >= 11 is 11.9. The summed E-state index contributed by atoms with van der Waals surface area (Å²) in [6.07, 6.45) is 4.34. The second-order valence-corrected chi connectivity index (χ2v) is 4.89. The molecule has 106 valence electrons. The lowest BCUT2D eigenvalue weighted by Crippen LogP contribution is -2.05. The maximum Gasteiger partial charge on any atom is 0.165 e. The van der Waals surface area contributed by atoms with Gasteiger partial charge in [0.15, 0.2) is 11.5 Å². The van der Waals surface area contributed by atoms with E-state index in [0.29, 0.717) is 29.0 Å². The summed E-state index contributed by atoms with van der Waals surface area (Å²) in [6, 6.07) is 7.42. The Balaban J connectivity index is 2.08. The smallest absolute Gasteiger partial charge is 0.165 e. The molecule has 0 spiro atoms. The van der Waals surface area contributed by atoms with Crippen molar-refractivity contribution < 1.29 is 9.47 Å². The zero-order chi connectivity index (χ0) is 14.4. The Morgan fingerprint density at radius 2 is 2.15 bits per heavy atom. The van der Waals surface area contributed by atoms with E-state index in [1.165, 1.54) is 0 Å². The van der Waals surface area contributed by atoms with Crippen LogP contribution < -0.4 is 9.47 Å². The Labute approximate surface area is 128 Å². The van der Waals surface area contributed by atoms with Gasteiger partial charge in [0, 0.05) is 35.5 Å². The van der Waals surface area contributed by atoms with E-state index in [-0.39, 0.29) is 0 Å². The van der Waals surface area contributed by atoms with E-state index >= 15 is 0 Å². The van der Waals surface area contributed by atoms with Crippen molar-refractivity contribution in [2.24, 2.45) is 0 Å². The van der Waals surface area contributed by atoms with E-state index in [0.717, 1.165) is 17.5 Å². The van der Waals surface area contributed by atoms with Crippen LogP contribution >= 0.6 is 23.2 Å². The molecule has 5 heteroatoms. The topological polar surface area (TPSA) is 31.4 Å². The largest absolute Gasteiger partial charge is 0.493 e. The third kappa shape index (κ3) is 3.78. The minimum atomic E-state index is 0.319. The molecule has 0 bridgehead atoms. The number of hydrogen-bond acceptors (Lipinski definition) is 3. The molecule has 0 N–H and O–H groups in total. The zero-order valence-electron chi connectivity index (χ0n) is 11.1. The summed E-state index contributed by atoms with van der Waals surface area (Å²) in [6.45, 7) is 0.521. The Bertz CT molecular complexity index is 536. The van der Waals surface area contributed by atoms with Crippen molar-refractivity contribution in [2.75, 3.05) is 13.7 Å². The van der Waals surface area contributed by atoms with Gasteiger partial charge in [-0.25, -0.2) is 0 Å². The van der Waals surface area contributed by atoms with Crippen LogP contribution in [0.2, 0.25) is 5.02 Å². The Morgan fingerprint density at radius 3 is 2.80 bits per heavy atom. The molecule has 0 radical (unpaired) electrons. The monoisotopic (exact) mass is 311 g/mol. The third-order valence-electron chi connectivity index (χ3n) is 2.82.